The summed E-state index contributed by atoms with van der Waals surface area (Å²) < 4.78 is 7.44. The molecule has 0 bridgehead atoms. The van der Waals surface area contributed by atoms with Crippen LogP contribution in [-0.2, 0) is 7.05 Å². The molecule has 0 aliphatic carbocycles. The molecule has 1 atom stereocenters. The number of hydrogen-bond donors (Lipinski definition) is 1. The molecule has 6 nitrogen and oxygen atoms in total. The number of fused-ring (bicyclic) bond motifs is 1. The molecule has 1 unspecified atom stereocenters. The van der Waals surface area contributed by atoms with Crippen molar-refractivity contribution >= 4 is 16.9 Å². The van der Waals surface area contributed by atoms with Crippen molar-refractivity contribution in [3.63, 3.8) is 0 Å². The number of carbonyl (C=O) groups is 1. The maximum Gasteiger partial charge on any atom is 0.253 e. The smallest absolute Gasteiger partial charge is 0.253 e. The van der Waals surface area contributed by atoms with Crippen LogP contribution in [0.1, 0.15) is 48.4 Å². The number of rotatable bonds is 5. The molecule has 0 aliphatic rings. The molecule has 3 rings (SSSR count). The molecule has 2 heterocycles. The van der Waals surface area contributed by atoms with E-state index in [1.165, 1.54) is 0 Å². The quantitative estimate of drug-likeness (QED) is 0.762. The number of amides is 1. The molecular weight excluding hydrogens is 328 g/mol. The van der Waals surface area contributed by atoms with Gasteiger partial charge < -0.3 is 10.1 Å². The van der Waals surface area contributed by atoms with Gasteiger partial charge in [-0.3, -0.25) is 9.48 Å². The van der Waals surface area contributed by atoms with Crippen molar-refractivity contribution in [2.24, 2.45) is 7.05 Å². The van der Waals surface area contributed by atoms with Gasteiger partial charge in [0.2, 0.25) is 0 Å². The molecule has 2 aromatic heterocycles. The molecule has 1 aromatic carbocycles. The normalized spacial score (nSPS) is 12.4. The third-order valence-electron chi connectivity index (χ3n) is 4.20. The topological polar surface area (TPSA) is 69.0 Å². The SMILES string of the molecule is Cc1nn(C)c2ncc(C(=O)NC(C)c3cccc(OC(C)C)c3)cc12. The van der Waals surface area contributed by atoms with Gasteiger partial charge in [0.25, 0.3) is 5.91 Å². The van der Waals surface area contributed by atoms with Gasteiger partial charge in [-0.1, -0.05) is 12.1 Å². The number of ether oxygens (including phenoxy) is 1. The van der Waals surface area contributed by atoms with Crippen LogP contribution in [0.15, 0.2) is 36.5 Å². The highest BCUT2D eigenvalue weighted by atomic mass is 16.5. The van der Waals surface area contributed by atoms with Gasteiger partial charge in [-0.05, 0) is 51.5 Å². The standard InChI is InChI=1S/C20H24N4O2/c1-12(2)26-17-8-6-7-15(9-17)13(3)22-20(25)16-10-18-14(4)23-24(5)19(18)21-11-16/h6-13H,1-5H3,(H,22,25). The van der Waals surface area contributed by atoms with E-state index in [4.69, 9.17) is 4.74 Å². The average molecular weight is 352 g/mol. The summed E-state index contributed by atoms with van der Waals surface area (Å²) in [5, 5.41) is 8.25. The van der Waals surface area contributed by atoms with Crippen LogP contribution in [0.5, 0.6) is 5.75 Å². The first-order valence-electron chi connectivity index (χ1n) is 8.72. The molecule has 0 spiro atoms. The predicted octanol–water partition coefficient (Wildman–Crippen LogP) is 3.55. The van der Waals surface area contributed by atoms with Crippen LogP contribution in [0.25, 0.3) is 11.0 Å². The second-order valence-corrected chi connectivity index (χ2v) is 6.74. The molecule has 136 valence electrons. The fraction of sp³-hybridized carbons (Fsp3) is 0.350. The molecular formula is C20H24N4O2. The lowest BCUT2D eigenvalue weighted by Crippen LogP contribution is -2.26. The molecule has 3 aromatic rings. The zero-order valence-electron chi connectivity index (χ0n) is 15.8. The number of nitrogens with zero attached hydrogens (tertiary/aromatic N) is 3. The van der Waals surface area contributed by atoms with Crippen LogP contribution in [0, 0.1) is 6.92 Å². The Balaban J connectivity index is 1.78. The largest absolute Gasteiger partial charge is 0.491 e. The Morgan fingerprint density at radius 2 is 2.00 bits per heavy atom. The van der Waals surface area contributed by atoms with Gasteiger partial charge in [-0.2, -0.15) is 5.10 Å². The molecule has 26 heavy (non-hydrogen) atoms. The third-order valence-corrected chi connectivity index (χ3v) is 4.20. The first-order chi connectivity index (χ1) is 12.3. The first kappa shape index (κ1) is 17.9. The summed E-state index contributed by atoms with van der Waals surface area (Å²) in [5.74, 6) is 0.637. The Bertz CT molecular complexity index is 946. The first-order valence-corrected chi connectivity index (χ1v) is 8.72. The second kappa shape index (κ2) is 7.15. The highest BCUT2D eigenvalue weighted by Crippen LogP contribution is 2.21. The maximum absolute atomic E-state index is 12.6. The highest BCUT2D eigenvalue weighted by Gasteiger charge is 2.15. The Kier molecular flexibility index (Phi) is 4.93. The van der Waals surface area contributed by atoms with E-state index in [0.717, 1.165) is 28.0 Å². The van der Waals surface area contributed by atoms with E-state index in [9.17, 15) is 4.79 Å². The van der Waals surface area contributed by atoms with E-state index in [-0.39, 0.29) is 18.1 Å². The fourth-order valence-corrected chi connectivity index (χ4v) is 2.92. The minimum atomic E-state index is -0.162. The van der Waals surface area contributed by atoms with E-state index >= 15 is 0 Å². The van der Waals surface area contributed by atoms with Gasteiger partial charge in [0, 0.05) is 18.6 Å². The summed E-state index contributed by atoms with van der Waals surface area (Å²) in [7, 11) is 1.84. The van der Waals surface area contributed by atoms with Crippen molar-refractivity contribution in [1.29, 1.82) is 0 Å². The van der Waals surface area contributed by atoms with Gasteiger partial charge in [0.05, 0.1) is 23.4 Å². The molecule has 1 amide bonds. The lowest BCUT2D eigenvalue weighted by molar-refractivity contribution is 0.0939. The summed E-state index contributed by atoms with van der Waals surface area (Å²) in [6, 6.07) is 9.47. The summed E-state index contributed by atoms with van der Waals surface area (Å²) in [5.41, 5.74) is 3.14. The van der Waals surface area contributed by atoms with Gasteiger partial charge in [-0.25, -0.2) is 4.98 Å². The Morgan fingerprint density at radius 1 is 1.23 bits per heavy atom. The minimum Gasteiger partial charge on any atom is -0.491 e. The third kappa shape index (κ3) is 3.69. The van der Waals surface area contributed by atoms with Crippen LogP contribution in [-0.4, -0.2) is 26.8 Å². The Morgan fingerprint density at radius 3 is 2.73 bits per heavy atom. The molecule has 0 saturated carbocycles. The number of carbonyl (C=O) groups excluding carboxylic acids is 1. The average Bonchev–Trinajstić information content (AvgIpc) is 2.88. The van der Waals surface area contributed by atoms with Crippen molar-refractivity contribution in [3.05, 3.63) is 53.3 Å². The summed E-state index contributed by atoms with van der Waals surface area (Å²) in [4.78, 5) is 17.0. The molecule has 1 N–H and O–H groups in total. The van der Waals surface area contributed by atoms with Crippen LogP contribution >= 0.6 is 0 Å². The van der Waals surface area contributed by atoms with Crippen LogP contribution < -0.4 is 10.1 Å². The van der Waals surface area contributed by atoms with E-state index in [2.05, 4.69) is 15.4 Å². The summed E-state index contributed by atoms with van der Waals surface area (Å²) in [6.07, 6.45) is 1.69. The Hall–Kier alpha value is -2.89. The van der Waals surface area contributed by atoms with E-state index < -0.39 is 0 Å². The number of benzene rings is 1. The number of aryl methyl sites for hydroxylation is 2. The van der Waals surface area contributed by atoms with Crippen LogP contribution in [0.2, 0.25) is 0 Å². The number of hydrogen-bond acceptors (Lipinski definition) is 4. The fourth-order valence-electron chi connectivity index (χ4n) is 2.92. The number of nitrogens with one attached hydrogen (secondary N) is 1. The molecule has 0 fully saturated rings. The molecule has 0 radical (unpaired) electrons. The van der Waals surface area contributed by atoms with E-state index in [1.54, 1.807) is 10.9 Å². The van der Waals surface area contributed by atoms with E-state index in [0.29, 0.717) is 5.56 Å². The van der Waals surface area contributed by atoms with Crippen LogP contribution in [0.4, 0.5) is 0 Å². The minimum absolute atomic E-state index is 0.107. The van der Waals surface area contributed by atoms with Gasteiger partial charge in [0.1, 0.15) is 5.75 Å². The summed E-state index contributed by atoms with van der Waals surface area (Å²) in [6.45, 7) is 7.84. The lowest BCUT2D eigenvalue weighted by atomic mass is 10.1. The lowest BCUT2D eigenvalue weighted by Gasteiger charge is -2.16. The van der Waals surface area contributed by atoms with Crippen molar-refractivity contribution < 1.29 is 9.53 Å². The molecule has 6 heteroatoms. The Labute approximate surface area is 153 Å². The van der Waals surface area contributed by atoms with Gasteiger partial charge >= 0.3 is 0 Å². The van der Waals surface area contributed by atoms with Crippen molar-refractivity contribution in [3.8, 4) is 5.75 Å². The van der Waals surface area contributed by atoms with Crippen molar-refractivity contribution in [2.45, 2.75) is 39.8 Å². The molecule has 0 aliphatic heterocycles. The van der Waals surface area contributed by atoms with Gasteiger partial charge in [0.15, 0.2) is 5.65 Å². The van der Waals surface area contributed by atoms with Crippen molar-refractivity contribution in [1.82, 2.24) is 20.1 Å². The van der Waals surface area contributed by atoms with E-state index in [1.807, 2.05) is 65.1 Å². The van der Waals surface area contributed by atoms with Crippen LogP contribution in [0.3, 0.4) is 0 Å². The number of aromatic nitrogens is 3. The second-order valence-electron chi connectivity index (χ2n) is 6.74. The van der Waals surface area contributed by atoms with Gasteiger partial charge in [-0.15, -0.1) is 0 Å². The van der Waals surface area contributed by atoms with Crippen molar-refractivity contribution in [2.75, 3.05) is 0 Å². The summed E-state index contributed by atoms with van der Waals surface area (Å²) >= 11 is 0. The maximum atomic E-state index is 12.6. The number of pyridine rings is 1. The zero-order chi connectivity index (χ0) is 18.8. The molecule has 0 saturated heterocycles. The predicted molar refractivity (Wildman–Crippen MR) is 101 cm³/mol. The highest BCUT2D eigenvalue weighted by molar-refractivity contribution is 5.97. The zero-order valence-corrected chi connectivity index (χ0v) is 15.8. The monoisotopic (exact) mass is 352 g/mol.